The van der Waals surface area contributed by atoms with Crippen molar-refractivity contribution in [2.45, 2.75) is 25.3 Å². The van der Waals surface area contributed by atoms with Crippen LogP contribution in [0.25, 0.3) is 11.4 Å². The Morgan fingerprint density at radius 1 is 1.19 bits per heavy atom. The van der Waals surface area contributed by atoms with E-state index in [1.165, 1.54) is 12.8 Å². The van der Waals surface area contributed by atoms with Gasteiger partial charge >= 0.3 is 0 Å². The first kappa shape index (κ1) is 16.5. The fourth-order valence-electron chi connectivity index (χ4n) is 3.60. The summed E-state index contributed by atoms with van der Waals surface area (Å²) in [5.74, 6) is 2.00. The van der Waals surface area contributed by atoms with Crippen molar-refractivity contribution in [1.82, 2.24) is 14.9 Å². The van der Waals surface area contributed by atoms with Gasteiger partial charge in [-0.25, -0.2) is 9.97 Å². The smallest absolute Gasteiger partial charge is 0.257 e. The normalized spacial score (nSPS) is 19.2. The molecule has 0 spiro atoms. The van der Waals surface area contributed by atoms with Crippen LogP contribution in [0.15, 0.2) is 53.3 Å². The number of benzene rings is 1. The fourth-order valence-corrected chi connectivity index (χ4v) is 3.73. The molecule has 1 aliphatic heterocycles. The van der Waals surface area contributed by atoms with Gasteiger partial charge in [-0.05, 0) is 55.2 Å². The van der Waals surface area contributed by atoms with Crippen molar-refractivity contribution in [3.63, 3.8) is 0 Å². The minimum atomic E-state index is -0.117. The number of halogens is 1. The number of fused-ring (bicyclic) bond motifs is 1. The number of carbonyl (C=O) groups is 1. The highest BCUT2D eigenvalue weighted by Crippen LogP contribution is 2.38. The number of amides is 1. The summed E-state index contributed by atoms with van der Waals surface area (Å²) >= 11 is 5.97. The highest BCUT2D eigenvalue weighted by atomic mass is 35.5. The molecule has 0 unspecified atom stereocenters. The van der Waals surface area contributed by atoms with Gasteiger partial charge in [0.2, 0.25) is 0 Å². The third-order valence-electron chi connectivity index (χ3n) is 5.25. The van der Waals surface area contributed by atoms with Crippen LogP contribution in [-0.4, -0.2) is 27.3 Å². The molecule has 5 nitrogen and oxygen atoms in total. The van der Waals surface area contributed by atoms with Crippen molar-refractivity contribution in [3.05, 3.63) is 70.9 Å². The summed E-state index contributed by atoms with van der Waals surface area (Å²) < 4.78 is 5.64. The van der Waals surface area contributed by atoms with Gasteiger partial charge in [-0.2, -0.15) is 0 Å². The molecular weight excluding hydrogens is 362 g/mol. The molecule has 27 heavy (non-hydrogen) atoms. The summed E-state index contributed by atoms with van der Waals surface area (Å²) in [5.41, 5.74) is 2.24. The molecule has 6 heteroatoms. The van der Waals surface area contributed by atoms with E-state index >= 15 is 0 Å². The van der Waals surface area contributed by atoms with Crippen LogP contribution in [0.2, 0.25) is 5.02 Å². The lowest BCUT2D eigenvalue weighted by Gasteiger charge is -2.35. The zero-order chi connectivity index (χ0) is 18.4. The Morgan fingerprint density at radius 2 is 2.00 bits per heavy atom. The van der Waals surface area contributed by atoms with Gasteiger partial charge in [0.25, 0.3) is 5.91 Å². The third kappa shape index (κ3) is 3.12. The van der Waals surface area contributed by atoms with Crippen molar-refractivity contribution < 1.29 is 9.21 Å². The van der Waals surface area contributed by atoms with Crippen LogP contribution in [0.5, 0.6) is 0 Å². The monoisotopic (exact) mass is 379 g/mol. The number of furan rings is 1. The zero-order valence-corrected chi connectivity index (χ0v) is 15.4. The summed E-state index contributed by atoms with van der Waals surface area (Å²) in [5, 5.41) is 0.667. The Kier molecular flexibility index (Phi) is 3.97. The molecule has 1 aromatic carbocycles. The van der Waals surface area contributed by atoms with Crippen molar-refractivity contribution >= 4 is 17.5 Å². The quantitative estimate of drug-likeness (QED) is 0.667. The summed E-state index contributed by atoms with van der Waals surface area (Å²) in [6, 6.07) is 11.1. The molecule has 0 N–H and O–H groups in total. The van der Waals surface area contributed by atoms with Gasteiger partial charge in [-0.15, -0.1) is 0 Å². The van der Waals surface area contributed by atoms with Crippen LogP contribution in [0.1, 0.15) is 40.7 Å². The Balaban J connectivity index is 1.54. The largest absolute Gasteiger partial charge is 0.467 e. The molecule has 2 aromatic heterocycles. The van der Waals surface area contributed by atoms with Crippen LogP contribution in [0, 0.1) is 5.92 Å². The van der Waals surface area contributed by atoms with Crippen LogP contribution >= 0.6 is 11.6 Å². The van der Waals surface area contributed by atoms with Gasteiger partial charge in [0.15, 0.2) is 5.82 Å². The molecule has 0 saturated heterocycles. The highest BCUT2D eigenvalue weighted by molar-refractivity contribution is 6.30. The number of rotatable bonds is 4. The fraction of sp³-hybridized carbons (Fsp3) is 0.286. The summed E-state index contributed by atoms with van der Waals surface area (Å²) in [7, 11) is 0. The Hall–Kier alpha value is -2.66. The van der Waals surface area contributed by atoms with E-state index in [0.29, 0.717) is 28.7 Å². The Labute approximate surface area is 162 Å². The van der Waals surface area contributed by atoms with Gasteiger partial charge in [-0.1, -0.05) is 11.6 Å². The molecule has 5 rings (SSSR count). The van der Waals surface area contributed by atoms with Crippen LogP contribution in [0.3, 0.4) is 0 Å². The highest BCUT2D eigenvalue weighted by Gasteiger charge is 2.39. The molecule has 1 atom stereocenters. The van der Waals surface area contributed by atoms with E-state index < -0.39 is 0 Å². The van der Waals surface area contributed by atoms with E-state index in [4.69, 9.17) is 21.0 Å². The lowest BCUT2D eigenvalue weighted by molar-refractivity contribution is 0.0606. The van der Waals surface area contributed by atoms with E-state index in [-0.39, 0.29) is 11.9 Å². The predicted octanol–water partition coefficient (Wildman–Crippen LogP) is 4.54. The molecule has 1 fully saturated rings. The van der Waals surface area contributed by atoms with Crippen molar-refractivity contribution in [1.29, 1.82) is 0 Å². The molecule has 3 heterocycles. The van der Waals surface area contributed by atoms with Crippen LogP contribution < -0.4 is 0 Å². The minimum absolute atomic E-state index is 0.00722. The summed E-state index contributed by atoms with van der Waals surface area (Å²) in [6.07, 6.45) is 6.32. The topological polar surface area (TPSA) is 59.2 Å². The molecular formula is C21H18ClN3O2. The number of hydrogen-bond acceptors (Lipinski definition) is 4. The molecule has 3 aromatic rings. The maximum atomic E-state index is 13.2. The maximum Gasteiger partial charge on any atom is 0.257 e. The van der Waals surface area contributed by atoms with Gasteiger partial charge in [0, 0.05) is 29.7 Å². The Morgan fingerprint density at radius 3 is 2.70 bits per heavy atom. The maximum absolute atomic E-state index is 13.2. The first-order valence-electron chi connectivity index (χ1n) is 9.15. The zero-order valence-electron chi connectivity index (χ0n) is 14.6. The SMILES string of the molecule is O=C1c2cnc(-c3ccc(Cl)cc3)nc2C[C@H](c2ccco2)N1CC1CC1. The van der Waals surface area contributed by atoms with Gasteiger partial charge in [0.1, 0.15) is 5.76 Å². The van der Waals surface area contributed by atoms with E-state index in [1.807, 2.05) is 41.3 Å². The number of nitrogens with zero attached hydrogens (tertiary/aromatic N) is 3. The minimum Gasteiger partial charge on any atom is -0.467 e. The standard InChI is InChI=1S/C21H18ClN3O2/c22-15-7-5-14(6-8-15)20-23-11-16-17(24-20)10-18(19-2-1-9-27-19)25(21(16)26)12-13-3-4-13/h1-2,5-9,11,13,18H,3-4,10,12H2/t18-/m1/s1. The molecule has 1 aliphatic carbocycles. The average molecular weight is 380 g/mol. The lowest BCUT2D eigenvalue weighted by Crippen LogP contribution is -2.42. The van der Waals surface area contributed by atoms with E-state index in [9.17, 15) is 4.79 Å². The van der Waals surface area contributed by atoms with E-state index in [1.54, 1.807) is 12.5 Å². The van der Waals surface area contributed by atoms with Crippen LogP contribution in [-0.2, 0) is 6.42 Å². The second kappa shape index (κ2) is 6.50. The molecule has 136 valence electrons. The Bertz CT molecular complexity index is 981. The van der Waals surface area contributed by atoms with Crippen molar-refractivity contribution in [3.8, 4) is 11.4 Å². The first-order chi connectivity index (χ1) is 13.2. The number of aromatic nitrogens is 2. The number of carbonyl (C=O) groups excluding carboxylic acids is 1. The molecule has 1 amide bonds. The first-order valence-corrected chi connectivity index (χ1v) is 9.53. The summed E-state index contributed by atoms with van der Waals surface area (Å²) in [4.78, 5) is 24.2. The summed E-state index contributed by atoms with van der Waals surface area (Å²) in [6.45, 7) is 0.766. The molecule has 0 radical (unpaired) electrons. The predicted molar refractivity (Wildman–Crippen MR) is 101 cm³/mol. The molecule has 1 saturated carbocycles. The second-order valence-corrected chi connectivity index (χ2v) is 7.63. The van der Waals surface area contributed by atoms with Crippen LogP contribution in [0.4, 0.5) is 0 Å². The second-order valence-electron chi connectivity index (χ2n) is 7.20. The van der Waals surface area contributed by atoms with E-state index in [2.05, 4.69) is 4.98 Å². The van der Waals surface area contributed by atoms with Gasteiger partial charge < -0.3 is 9.32 Å². The van der Waals surface area contributed by atoms with Gasteiger partial charge in [0.05, 0.1) is 23.6 Å². The average Bonchev–Trinajstić information content (AvgIpc) is 3.34. The van der Waals surface area contributed by atoms with E-state index in [0.717, 1.165) is 23.6 Å². The lowest BCUT2D eigenvalue weighted by atomic mass is 9.96. The molecule has 2 aliphatic rings. The number of hydrogen-bond donors (Lipinski definition) is 0. The van der Waals surface area contributed by atoms with Gasteiger partial charge in [-0.3, -0.25) is 4.79 Å². The van der Waals surface area contributed by atoms with Crippen molar-refractivity contribution in [2.75, 3.05) is 6.54 Å². The third-order valence-corrected chi connectivity index (χ3v) is 5.50. The molecule has 0 bridgehead atoms. The van der Waals surface area contributed by atoms with Crippen molar-refractivity contribution in [2.24, 2.45) is 5.92 Å².